The zero-order valence-corrected chi connectivity index (χ0v) is 29.4. The van der Waals surface area contributed by atoms with Crippen molar-refractivity contribution < 1.29 is 26.2 Å². The Labute approximate surface area is 279 Å². The zero-order chi connectivity index (χ0) is 27.8. The molecule has 0 saturated heterocycles. The SMILES string of the molecule is Brc1ccc(Sc2ccc(Br)c3c2C=[C-]C3c2ccccc2)c2c1C(c1ccccc1)[C-]=C2.C[N-]C.C[N-]C.[Zr+4]. The Bertz CT molecular complexity index is 1350. The van der Waals surface area contributed by atoms with Gasteiger partial charge < -0.3 is 10.6 Å². The van der Waals surface area contributed by atoms with Crippen LogP contribution in [0.1, 0.15) is 45.2 Å². The zero-order valence-electron chi connectivity index (χ0n) is 23.0. The third kappa shape index (κ3) is 7.45. The second-order valence-corrected chi connectivity index (χ2v) is 11.8. The van der Waals surface area contributed by atoms with Crippen LogP contribution in [0.4, 0.5) is 0 Å². The quantitative estimate of drug-likeness (QED) is 0.191. The molecule has 0 amide bonds. The van der Waals surface area contributed by atoms with Crippen molar-refractivity contribution in [2.45, 2.75) is 21.6 Å². The molecule has 4 aromatic rings. The van der Waals surface area contributed by atoms with Crippen LogP contribution < -0.4 is 0 Å². The average Bonchev–Trinajstić information content (AvgIpc) is 3.61. The summed E-state index contributed by atoms with van der Waals surface area (Å²) in [6, 6.07) is 30.0. The molecule has 2 atom stereocenters. The summed E-state index contributed by atoms with van der Waals surface area (Å²) in [5.74, 6) is 0.310. The number of halogens is 2. The van der Waals surface area contributed by atoms with Crippen LogP contribution in [0.5, 0.6) is 0 Å². The van der Waals surface area contributed by atoms with Crippen LogP contribution in [-0.2, 0) is 26.2 Å². The summed E-state index contributed by atoms with van der Waals surface area (Å²) >= 11 is 9.44. The van der Waals surface area contributed by atoms with Crippen LogP contribution in [0.2, 0.25) is 0 Å². The van der Waals surface area contributed by atoms with E-state index in [1.54, 1.807) is 28.2 Å². The minimum Gasteiger partial charge on any atom is -0.668 e. The van der Waals surface area contributed by atoms with Crippen LogP contribution >= 0.6 is 43.6 Å². The van der Waals surface area contributed by atoms with Crippen LogP contribution in [0.3, 0.4) is 0 Å². The molecule has 0 radical (unpaired) electrons. The third-order valence-corrected chi connectivity index (χ3v) is 8.77. The molecule has 2 aliphatic rings. The van der Waals surface area contributed by atoms with Gasteiger partial charge in [-0.2, -0.15) is 39.3 Å². The molecule has 0 saturated carbocycles. The number of benzene rings is 4. The Morgan fingerprint density at radius 2 is 0.925 bits per heavy atom. The van der Waals surface area contributed by atoms with E-state index in [1.165, 1.54) is 43.2 Å². The van der Waals surface area contributed by atoms with Gasteiger partial charge in [-0.15, -0.1) is 22.9 Å². The van der Waals surface area contributed by atoms with E-state index >= 15 is 0 Å². The Hall–Kier alpha value is -1.53. The molecular weight excluding hydrogens is 719 g/mol. The van der Waals surface area contributed by atoms with Crippen LogP contribution in [0.15, 0.2) is 104 Å². The van der Waals surface area contributed by atoms with E-state index in [2.05, 4.69) is 152 Å². The molecule has 2 unspecified atom stereocenters. The average molecular weight is 750 g/mol. The number of rotatable bonds is 4. The molecule has 200 valence electrons. The molecule has 2 aliphatic carbocycles. The maximum absolute atomic E-state index is 3.81. The molecule has 40 heavy (non-hydrogen) atoms. The summed E-state index contributed by atoms with van der Waals surface area (Å²) in [6.07, 6.45) is 11.5. The Morgan fingerprint density at radius 3 is 1.27 bits per heavy atom. The van der Waals surface area contributed by atoms with Crippen molar-refractivity contribution in [3.05, 3.63) is 150 Å². The molecule has 2 nitrogen and oxygen atoms in total. The summed E-state index contributed by atoms with van der Waals surface area (Å²) < 4.78 is 2.27. The van der Waals surface area contributed by atoms with Crippen molar-refractivity contribution in [3.63, 3.8) is 0 Å². The van der Waals surface area contributed by atoms with Gasteiger partial charge >= 0.3 is 26.2 Å². The van der Waals surface area contributed by atoms with E-state index in [0.29, 0.717) is 0 Å². The van der Waals surface area contributed by atoms with Gasteiger partial charge in [0.1, 0.15) is 0 Å². The molecule has 0 bridgehead atoms. The van der Waals surface area contributed by atoms with Gasteiger partial charge in [0, 0.05) is 8.95 Å². The first-order chi connectivity index (χ1) is 19.0. The van der Waals surface area contributed by atoms with E-state index in [0.717, 1.165) is 8.95 Å². The standard InChI is InChI=1S/C30H18Br2S.2C2H6N.Zr/c31-25-15-17-27(23-13-11-21(29(23)25)19-7-3-1-4-8-19)33-28-18-16-26(32)30-22(12-14-24(28)30)20-9-5-2-6-10-20;2*1-3-2;/h1-10,13-18,21-22H;2*1-2H3;/q-2;2*-1;+4. The first kappa shape index (κ1) is 33.0. The summed E-state index contributed by atoms with van der Waals surface area (Å²) in [5, 5.41) is 7.00. The minimum absolute atomic E-state index is 0. The largest absolute Gasteiger partial charge is 4.00 e. The topological polar surface area (TPSA) is 28.2 Å². The summed E-state index contributed by atoms with van der Waals surface area (Å²) in [5.41, 5.74) is 7.63. The molecule has 0 aliphatic heterocycles. The molecule has 0 spiro atoms. The number of nitrogens with zero attached hydrogens (tertiary/aromatic N) is 2. The number of hydrogen-bond acceptors (Lipinski definition) is 1. The second-order valence-electron chi connectivity index (χ2n) is 9.05. The number of allylic oxidation sites excluding steroid dienone is 2. The first-order valence-electron chi connectivity index (χ1n) is 12.6. The van der Waals surface area contributed by atoms with Crippen molar-refractivity contribution in [2.24, 2.45) is 0 Å². The van der Waals surface area contributed by atoms with Crippen molar-refractivity contribution in [3.8, 4) is 0 Å². The fraction of sp³-hybridized carbons (Fsp3) is 0.176. The maximum atomic E-state index is 3.81. The van der Waals surface area contributed by atoms with E-state index in [9.17, 15) is 0 Å². The number of fused-ring (bicyclic) bond motifs is 2. The van der Waals surface area contributed by atoms with Crippen LogP contribution in [0, 0.1) is 12.2 Å². The summed E-state index contributed by atoms with van der Waals surface area (Å²) in [4.78, 5) is 2.50. The van der Waals surface area contributed by atoms with Gasteiger partial charge in [0.05, 0.1) is 0 Å². The number of hydrogen-bond donors (Lipinski definition) is 0. The summed E-state index contributed by atoms with van der Waals surface area (Å²) in [7, 11) is 7.00. The van der Waals surface area contributed by atoms with Crippen molar-refractivity contribution in [2.75, 3.05) is 28.2 Å². The molecule has 0 aromatic heterocycles. The van der Waals surface area contributed by atoms with Crippen molar-refractivity contribution in [1.29, 1.82) is 0 Å². The molecule has 6 heteroatoms. The van der Waals surface area contributed by atoms with Gasteiger partial charge in [-0.25, -0.2) is 12.2 Å². The second kappa shape index (κ2) is 16.2. The minimum atomic E-state index is 0. The van der Waals surface area contributed by atoms with Gasteiger partial charge in [0.15, 0.2) is 0 Å². The Balaban J connectivity index is 0.000000581. The van der Waals surface area contributed by atoms with E-state index in [-0.39, 0.29) is 38.0 Å². The fourth-order valence-corrected chi connectivity index (χ4v) is 6.89. The van der Waals surface area contributed by atoms with Crippen LogP contribution in [0.25, 0.3) is 22.8 Å². The van der Waals surface area contributed by atoms with Gasteiger partial charge in [0.25, 0.3) is 0 Å². The van der Waals surface area contributed by atoms with Crippen LogP contribution in [-0.4, -0.2) is 28.2 Å². The predicted octanol–water partition coefficient (Wildman–Crippen LogP) is 10.5. The van der Waals surface area contributed by atoms with E-state index < -0.39 is 0 Å². The molecule has 6 rings (SSSR count). The molecular formula is C34H30Br2N2SZr. The molecule has 0 heterocycles. The van der Waals surface area contributed by atoms with Crippen molar-refractivity contribution >= 4 is 55.8 Å². The first-order valence-corrected chi connectivity index (χ1v) is 15.0. The van der Waals surface area contributed by atoms with Crippen molar-refractivity contribution in [1.82, 2.24) is 0 Å². The van der Waals surface area contributed by atoms with E-state index in [4.69, 9.17) is 0 Å². The monoisotopic (exact) mass is 746 g/mol. The Morgan fingerprint density at radius 1 is 0.575 bits per heavy atom. The van der Waals surface area contributed by atoms with Gasteiger partial charge in [-0.1, -0.05) is 137 Å². The summed E-state index contributed by atoms with van der Waals surface area (Å²) in [6.45, 7) is 0. The molecule has 0 N–H and O–H groups in total. The smallest absolute Gasteiger partial charge is 0.668 e. The maximum Gasteiger partial charge on any atom is 4.00 e. The third-order valence-electron chi connectivity index (χ3n) is 6.24. The normalized spacial score (nSPS) is 15.7. The molecule has 0 fully saturated rings. The van der Waals surface area contributed by atoms with Gasteiger partial charge in [-0.05, 0) is 12.1 Å². The van der Waals surface area contributed by atoms with Gasteiger partial charge in [-0.3, -0.25) is 12.2 Å². The van der Waals surface area contributed by atoms with Gasteiger partial charge in [0.2, 0.25) is 0 Å². The fourth-order valence-electron chi connectivity index (χ4n) is 4.68. The molecule has 4 aromatic carbocycles. The van der Waals surface area contributed by atoms with E-state index in [1.807, 2.05) is 11.8 Å². The Kier molecular flexibility index (Phi) is 13.4. The predicted molar refractivity (Wildman–Crippen MR) is 175 cm³/mol.